The Morgan fingerprint density at radius 1 is 1.27 bits per heavy atom. The van der Waals surface area contributed by atoms with Crippen molar-refractivity contribution in [1.29, 1.82) is 5.26 Å². The van der Waals surface area contributed by atoms with Gasteiger partial charge >= 0.3 is 0 Å². The number of nitrogens with one attached hydrogen (secondary N) is 3. The summed E-state index contributed by atoms with van der Waals surface area (Å²) >= 11 is 1.45. The molecule has 152 valence electrons. The Bertz CT molecular complexity index is 1050. The molecule has 0 saturated heterocycles. The zero-order chi connectivity index (χ0) is 21.3. The van der Waals surface area contributed by atoms with Crippen molar-refractivity contribution in [3.05, 3.63) is 76.0 Å². The summed E-state index contributed by atoms with van der Waals surface area (Å²) in [7, 11) is 0. The predicted molar refractivity (Wildman–Crippen MR) is 116 cm³/mol. The summed E-state index contributed by atoms with van der Waals surface area (Å²) in [6.07, 6.45) is 5.69. The van der Waals surface area contributed by atoms with E-state index in [9.17, 15) is 4.79 Å². The monoisotopic (exact) mass is 419 g/mol. The van der Waals surface area contributed by atoms with Crippen LogP contribution in [0, 0.1) is 11.3 Å². The van der Waals surface area contributed by atoms with Crippen LogP contribution in [0.5, 0.6) is 0 Å². The van der Waals surface area contributed by atoms with E-state index in [0.29, 0.717) is 37.4 Å². The number of imidazole rings is 1. The predicted octanol–water partition coefficient (Wildman–Crippen LogP) is 2.68. The minimum absolute atomic E-state index is 0.237. The zero-order valence-corrected chi connectivity index (χ0v) is 17.1. The van der Waals surface area contributed by atoms with Crippen LogP contribution in [0.15, 0.2) is 36.9 Å². The molecule has 0 aliphatic heterocycles. The number of hydrogen-bond donors (Lipinski definition) is 3. The molecule has 0 spiro atoms. The Kier molecular flexibility index (Phi) is 7.21. The van der Waals surface area contributed by atoms with Crippen molar-refractivity contribution in [3.63, 3.8) is 0 Å². The largest absolute Gasteiger partial charge is 0.347 e. The lowest BCUT2D eigenvalue weighted by Crippen LogP contribution is -2.23. The Hall–Kier alpha value is -3.61. The molecular formula is C21H21N7OS. The molecule has 0 unspecified atom stereocenters. The maximum absolute atomic E-state index is 12.3. The number of thiazole rings is 1. The molecule has 3 rings (SSSR count). The number of aromatic nitrogens is 4. The van der Waals surface area contributed by atoms with Gasteiger partial charge in [-0.3, -0.25) is 4.79 Å². The van der Waals surface area contributed by atoms with Crippen LogP contribution in [0.25, 0.3) is 12.2 Å². The SMILES string of the molecule is C=Cc1nc(CNCCc2nc(C(=O)NCc3ccc(C#N)nc3)cs2)[nH]c1C=C. The summed E-state index contributed by atoms with van der Waals surface area (Å²) in [6, 6.07) is 5.34. The standard InChI is InChI=1S/C21H21N7OS/c1-3-16-17(4-2)27-19(26-16)12-23-8-7-20-28-18(13-30-20)21(29)25-11-14-5-6-15(9-22)24-10-14/h3-6,10,13,23H,1-2,7-8,11-12H2,(H,25,29)(H,26,27). The van der Waals surface area contributed by atoms with E-state index in [2.05, 4.69) is 43.7 Å². The highest BCUT2D eigenvalue weighted by Gasteiger charge is 2.11. The number of pyridine rings is 1. The molecule has 0 aromatic carbocycles. The normalized spacial score (nSPS) is 10.4. The van der Waals surface area contributed by atoms with Crippen molar-refractivity contribution in [2.24, 2.45) is 0 Å². The second-order valence-corrected chi connectivity index (χ2v) is 7.23. The van der Waals surface area contributed by atoms with E-state index in [1.165, 1.54) is 11.3 Å². The van der Waals surface area contributed by atoms with E-state index >= 15 is 0 Å². The molecule has 0 saturated carbocycles. The lowest BCUT2D eigenvalue weighted by Gasteiger charge is -2.03. The van der Waals surface area contributed by atoms with Crippen LogP contribution in [0.1, 0.15) is 44.0 Å². The fraction of sp³-hybridized carbons (Fsp3) is 0.190. The molecule has 30 heavy (non-hydrogen) atoms. The summed E-state index contributed by atoms with van der Waals surface area (Å²) in [6.45, 7) is 9.11. The van der Waals surface area contributed by atoms with Gasteiger partial charge < -0.3 is 15.6 Å². The molecule has 8 nitrogen and oxygen atoms in total. The van der Waals surface area contributed by atoms with E-state index in [0.717, 1.165) is 27.8 Å². The number of rotatable bonds is 10. The fourth-order valence-electron chi connectivity index (χ4n) is 2.65. The molecular weight excluding hydrogens is 398 g/mol. The Morgan fingerprint density at radius 2 is 2.13 bits per heavy atom. The smallest absolute Gasteiger partial charge is 0.271 e. The molecule has 0 atom stereocenters. The lowest BCUT2D eigenvalue weighted by molar-refractivity contribution is 0.0946. The third kappa shape index (κ3) is 5.47. The Labute approximate surface area is 178 Å². The van der Waals surface area contributed by atoms with E-state index in [1.807, 2.05) is 6.07 Å². The molecule has 3 aromatic heterocycles. The average molecular weight is 420 g/mol. The van der Waals surface area contributed by atoms with E-state index in [-0.39, 0.29) is 5.91 Å². The van der Waals surface area contributed by atoms with Gasteiger partial charge in [-0.25, -0.2) is 15.0 Å². The number of aromatic amines is 1. The maximum Gasteiger partial charge on any atom is 0.271 e. The second kappa shape index (κ2) is 10.2. The quantitative estimate of drug-likeness (QED) is 0.435. The molecule has 0 aliphatic rings. The van der Waals surface area contributed by atoms with Crippen LogP contribution in [-0.2, 0) is 19.5 Å². The van der Waals surface area contributed by atoms with Crippen molar-refractivity contribution in [3.8, 4) is 6.07 Å². The minimum atomic E-state index is -0.237. The number of nitrogens with zero attached hydrogens (tertiary/aromatic N) is 4. The van der Waals surface area contributed by atoms with Crippen LogP contribution in [0.4, 0.5) is 0 Å². The summed E-state index contributed by atoms with van der Waals surface area (Å²) in [5.74, 6) is 0.579. The summed E-state index contributed by atoms with van der Waals surface area (Å²) in [5, 5.41) is 17.5. The summed E-state index contributed by atoms with van der Waals surface area (Å²) in [5.41, 5.74) is 3.20. The third-order valence-electron chi connectivity index (χ3n) is 4.19. The molecule has 9 heteroatoms. The second-order valence-electron chi connectivity index (χ2n) is 6.29. The van der Waals surface area contributed by atoms with Gasteiger partial charge in [-0.1, -0.05) is 19.2 Å². The van der Waals surface area contributed by atoms with Crippen LogP contribution in [-0.4, -0.2) is 32.4 Å². The van der Waals surface area contributed by atoms with Gasteiger partial charge in [-0.05, 0) is 23.8 Å². The van der Waals surface area contributed by atoms with E-state index in [1.54, 1.807) is 35.9 Å². The topological polar surface area (TPSA) is 119 Å². The van der Waals surface area contributed by atoms with Crippen molar-refractivity contribution in [2.75, 3.05) is 6.54 Å². The highest BCUT2D eigenvalue weighted by molar-refractivity contribution is 7.09. The molecule has 3 aromatic rings. The molecule has 3 heterocycles. The first kappa shape index (κ1) is 21.1. The number of amides is 1. The van der Waals surface area contributed by atoms with Gasteiger partial charge in [0.1, 0.15) is 23.3 Å². The van der Waals surface area contributed by atoms with Gasteiger partial charge in [0, 0.05) is 31.1 Å². The van der Waals surface area contributed by atoms with Crippen molar-refractivity contribution < 1.29 is 4.79 Å². The third-order valence-corrected chi connectivity index (χ3v) is 5.10. The number of hydrogen-bond acceptors (Lipinski definition) is 7. The van der Waals surface area contributed by atoms with Gasteiger partial charge in [0.25, 0.3) is 5.91 Å². The highest BCUT2D eigenvalue weighted by atomic mass is 32.1. The molecule has 1 amide bonds. The maximum atomic E-state index is 12.3. The molecule has 0 aliphatic carbocycles. The zero-order valence-electron chi connectivity index (χ0n) is 16.3. The Morgan fingerprint density at radius 3 is 2.80 bits per heavy atom. The first-order valence-corrected chi connectivity index (χ1v) is 10.1. The average Bonchev–Trinajstić information content (AvgIpc) is 3.42. The van der Waals surface area contributed by atoms with E-state index in [4.69, 9.17) is 5.26 Å². The van der Waals surface area contributed by atoms with Crippen molar-refractivity contribution >= 4 is 29.4 Å². The van der Waals surface area contributed by atoms with Gasteiger partial charge in [0.05, 0.1) is 22.9 Å². The number of H-pyrrole nitrogens is 1. The lowest BCUT2D eigenvalue weighted by atomic mass is 10.2. The first-order chi connectivity index (χ1) is 14.6. The van der Waals surface area contributed by atoms with Crippen LogP contribution in [0.3, 0.4) is 0 Å². The molecule has 3 N–H and O–H groups in total. The number of carbonyl (C=O) groups excluding carboxylic acids is 1. The van der Waals surface area contributed by atoms with Gasteiger partial charge in [0.15, 0.2) is 0 Å². The van der Waals surface area contributed by atoms with Gasteiger partial charge in [-0.15, -0.1) is 11.3 Å². The van der Waals surface area contributed by atoms with Crippen molar-refractivity contribution in [2.45, 2.75) is 19.5 Å². The summed E-state index contributed by atoms with van der Waals surface area (Å²) in [4.78, 5) is 28.3. The molecule has 0 bridgehead atoms. The van der Waals surface area contributed by atoms with Crippen LogP contribution in [0.2, 0.25) is 0 Å². The number of carbonyl (C=O) groups is 1. The summed E-state index contributed by atoms with van der Waals surface area (Å²) < 4.78 is 0. The van der Waals surface area contributed by atoms with E-state index < -0.39 is 0 Å². The number of nitriles is 1. The van der Waals surface area contributed by atoms with Crippen LogP contribution >= 0.6 is 11.3 Å². The highest BCUT2D eigenvalue weighted by Crippen LogP contribution is 2.11. The van der Waals surface area contributed by atoms with Gasteiger partial charge in [0.2, 0.25) is 0 Å². The van der Waals surface area contributed by atoms with Crippen molar-refractivity contribution in [1.82, 2.24) is 30.6 Å². The minimum Gasteiger partial charge on any atom is -0.347 e. The molecule has 0 radical (unpaired) electrons. The Balaban J connectivity index is 1.43. The fourth-order valence-corrected chi connectivity index (χ4v) is 3.43. The van der Waals surface area contributed by atoms with Crippen LogP contribution < -0.4 is 10.6 Å². The van der Waals surface area contributed by atoms with Gasteiger partial charge in [-0.2, -0.15) is 5.26 Å². The first-order valence-electron chi connectivity index (χ1n) is 9.25. The molecule has 0 fully saturated rings.